The standard InChI is InChI=1S/C11H20N2O/c1-3-13-9-11(8-10(13)14)4-6-12(2)7-5-11/h3-9H2,1-2H3. The summed E-state index contributed by atoms with van der Waals surface area (Å²) in [6.45, 7) is 6.29. The lowest BCUT2D eigenvalue weighted by Gasteiger charge is -2.37. The Kier molecular flexibility index (Phi) is 2.52. The van der Waals surface area contributed by atoms with Gasteiger partial charge in [-0.3, -0.25) is 4.79 Å². The second kappa shape index (κ2) is 3.54. The first kappa shape index (κ1) is 9.97. The molecule has 0 N–H and O–H groups in total. The highest BCUT2D eigenvalue weighted by molar-refractivity contribution is 5.79. The Morgan fingerprint density at radius 2 is 2.00 bits per heavy atom. The van der Waals surface area contributed by atoms with Crippen molar-refractivity contribution in [3.63, 3.8) is 0 Å². The number of carbonyl (C=O) groups excluding carboxylic acids is 1. The van der Waals surface area contributed by atoms with Crippen molar-refractivity contribution in [1.29, 1.82) is 0 Å². The maximum absolute atomic E-state index is 11.7. The Bertz CT molecular complexity index is 231. The molecule has 0 aromatic rings. The van der Waals surface area contributed by atoms with Gasteiger partial charge in [0.05, 0.1) is 0 Å². The van der Waals surface area contributed by atoms with Crippen LogP contribution in [0, 0.1) is 5.41 Å². The van der Waals surface area contributed by atoms with Crippen LogP contribution in [0.4, 0.5) is 0 Å². The molecule has 0 aromatic heterocycles. The molecule has 0 radical (unpaired) electrons. The fourth-order valence-corrected chi connectivity index (χ4v) is 2.70. The second-order valence-electron chi connectivity index (χ2n) is 4.89. The molecule has 0 aliphatic carbocycles. The van der Waals surface area contributed by atoms with Gasteiger partial charge in [-0.05, 0) is 45.3 Å². The Labute approximate surface area is 86.1 Å². The van der Waals surface area contributed by atoms with E-state index in [1.807, 2.05) is 4.90 Å². The van der Waals surface area contributed by atoms with Crippen LogP contribution < -0.4 is 0 Å². The van der Waals surface area contributed by atoms with Gasteiger partial charge >= 0.3 is 0 Å². The molecule has 2 fully saturated rings. The van der Waals surface area contributed by atoms with E-state index in [9.17, 15) is 4.79 Å². The van der Waals surface area contributed by atoms with Gasteiger partial charge in [0.15, 0.2) is 0 Å². The van der Waals surface area contributed by atoms with E-state index >= 15 is 0 Å². The summed E-state index contributed by atoms with van der Waals surface area (Å²) in [4.78, 5) is 16.1. The molecule has 2 rings (SSSR count). The van der Waals surface area contributed by atoms with E-state index in [4.69, 9.17) is 0 Å². The van der Waals surface area contributed by atoms with Crippen molar-refractivity contribution >= 4 is 5.91 Å². The summed E-state index contributed by atoms with van der Waals surface area (Å²) in [5.74, 6) is 0.372. The molecule has 1 amide bonds. The largest absolute Gasteiger partial charge is 0.342 e. The lowest BCUT2D eigenvalue weighted by molar-refractivity contribution is -0.127. The first-order valence-corrected chi connectivity index (χ1v) is 5.61. The van der Waals surface area contributed by atoms with Crippen LogP contribution in [0.5, 0.6) is 0 Å². The van der Waals surface area contributed by atoms with Gasteiger partial charge in [-0.1, -0.05) is 0 Å². The van der Waals surface area contributed by atoms with Crippen molar-refractivity contribution in [2.45, 2.75) is 26.2 Å². The van der Waals surface area contributed by atoms with Crippen LogP contribution in [0.2, 0.25) is 0 Å². The summed E-state index contributed by atoms with van der Waals surface area (Å²) in [5, 5.41) is 0. The van der Waals surface area contributed by atoms with Crippen LogP contribution in [0.1, 0.15) is 26.2 Å². The molecular formula is C11H20N2O. The van der Waals surface area contributed by atoms with Gasteiger partial charge in [0.25, 0.3) is 0 Å². The number of rotatable bonds is 1. The van der Waals surface area contributed by atoms with Crippen molar-refractivity contribution in [1.82, 2.24) is 9.80 Å². The van der Waals surface area contributed by atoms with Crippen molar-refractivity contribution in [2.75, 3.05) is 33.2 Å². The third-order valence-corrected chi connectivity index (χ3v) is 3.83. The van der Waals surface area contributed by atoms with Crippen LogP contribution in [0.25, 0.3) is 0 Å². The molecule has 0 atom stereocenters. The van der Waals surface area contributed by atoms with E-state index in [2.05, 4.69) is 18.9 Å². The van der Waals surface area contributed by atoms with Gasteiger partial charge in [-0.2, -0.15) is 0 Å². The number of hydrogen-bond donors (Lipinski definition) is 0. The fourth-order valence-electron chi connectivity index (χ4n) is 2.70. The van der Waals surface area contributed by atoms with Crippen LogP contribution >= 0.6 is 0 Å². The molecule has 1 spiro atoms. The molecule has 2 saturated heterocycles. The first-order chi connectivity index (χ1) is 6.65. The van der Waals surface area contributed by atoms with Gasteiger partial charge < -0.3 is 9.80 Å². The topological polar surface area (TPSA) is 23.6 Å². The van der Waals surface area contributed by atoms with Crippen molar-refractivity contribution in [3.05, 3.63) is 0 Å². The minimum atomic E-state index is 0.333. The SMILES string of the molecule is CCN1CC2(CCN(C)CC2)CC1=O. The Hall–Kier alpha value is -0.570. The predicted octanol–water partition coefficient (Wildman–Crippen LogP) is 0.951. The Balaban J connectivity index is 2.02. The van der Waals surface area contributed by atoms with E-state index in [1.54, 1.807) is 0 Å². The van der Waals surface area contributed by atoms with Gasteiger partial charge in [-0.25, -0.2) is 0 Å². The summed E-state index contributed by atoms with van der Waals surface area (Å²) in [5.41, 5.74) is 0.333. The molecule has 0 unspecified atom stereocenters. The lowest BCUT2D eigenvalue weighted by Crippen LogP contribution is -2.39. The molecule has 0 bridgehead atoms. The highest BCUT2D eigenvalue weighted by Gasteiger charge is 2.43. The normalized spacial score (nSPS) is 27.6. The highest BCUT2D eigenvalue weighted by atomic mass is 16.2. The quantitative estimate of drug-likeness (QED) is 0.623. The zero-order valence-corrected chi connectivity index (χ0v) is 9.25. The Morgan fingerprint density at radius 3 is 2.50 bits per heavy atom. The number of piperidine rings is 1. The molecule has 3 nitrogen and oxygen atoms in total. The summed E-state index contributed by atoms with van der Waals surface area (Å²) in [6, 6.07) is 0. The highest BCUT2D eigenvalue weighted by Crippen LogP contribution is 2.40. The summed E-state index contributed by atoms with van der Waals surface area (Å²) in [6.07, 6.45) is 3.20. The number of likely N-dealkylation sites (tertiary alicyclic amines) is 2. The molecule has 3 heteroatoms. The number of carbonyl (C=O) groups is 1. The summed E-state index contributed by atoms with van der Waals surface area (Å²) >= 11 is 0. The minimum absolute atomic E-state index is 0.333. The van der Waals surface area contributed by atoms with Crippen LogP contribution in [-0.2, 0) is 4.79 Å². The van der Waals surface area contributed by atoms with Crippen LogP contribution in [0.15, 0.2) is 0 Å². The van der Waals surface area contributed by atoms with Gasteiger partial charge in [0.2, 0.25) is 5.91 Å². The monoisotopic (exact) mass is 196 g/mol. The third-order valence-electron chi connectivity index (χ3n) is 3.83. The molecule has 2 aliphatic rings. The minimum Gasteiger partial charge on any atom is -0.342 e. The van der Waals surface area contributed by atoms with Crippen LogP contribution in [0.3, 0.4) is 0 Å². The zero-order chi connectivity index (χ0) is 10.2. The fraction of sp³-hybridized carbons (Fsp3) is 0.909. The number of nitrogens with zero attached hydrogens (tertiary/aromatic N) is 2. The molecule has 14 heavy (non-hydrogen) atoms. The van der Waals surface area contributed by atoms with Crippen LogP contribution in [-0.4, -0.2) is 48.9 Å². The first-order valence-electron chi connectivity index (χ1n) is 5.61. The molecule has 0 aromatic carbocycles. The van der Waals surface area contributed by atoms with Crippen molar-refractivity contribution in [3.8, 4) is 0 Å². The average molecular weight is 196 g/mol. The van der Waals surface area contributed by atoms with Crippen molar-refractivity contribution in [2.24, 2.45) is 5.41 Å². The van der Waals surface area contributed by atoms with Crippen molar-refractivity contribution < 1.29 is 4.79 Å². The van der Waals surface area contributed by atoms with Gasteiger partial charge in [0, 0.05) is 19.5 Å². The van der Waals surface area contributed by atoms with E-state index in [-0.39, 0.29) is 0 Å². The molecule has 0 saturated carbocycles. The summed E-state index contributed by atoms with van der Waals surface area (Å²) < 4.78 is 0. The summed E-state index contributed by atoms with van der Waals surface area (Å²) in [7, 11) is 2.17. The second-order valence-corrected chi connectivity index (χ2v) is 4.89. The third kappa shape index (κ3) is 1.65. The van der Waals surface area contributed by atoms with Gasteiger partial charge in [0.1, 0.15) is 0 Å². The van der Waals surface area contributed by atoms with Gasteiger partial charge in [-0.15, -0.1) is 0 Å². The zero-order valence-electron chi connectivity index (χ0n) is 9.25. The van der Waals surface area contributed by atoms with E-state index in [0.717, 1.165) is 32.6 Å². The van der Waals surface area contributed by atoms with E-state index in [1.165, 1.54) is 12.8 Å². The number of amides is 1. The maximum Gasteiger partial charge on any atom is 0.223 e. The molecule has 2 heterocycles. The Morgan fingerprint density at radius 1 is 1.36 bits per heavy atom. The smallest absolute Gasteiger partial charge is 0.223 e. The molecular weight excluding hydrogens is 176 g/mol. The van der Waals surface area contributed by atoms with E-state index in [0.29, 0.717) is 11.3 Å². The van der Waals surface area contributed by atoms with E-state index < -0.39 is 0 Å². The molecule has 80 valence electrons. The predicted molar refractivity (Wildman–Crippen MR) is 56.0 cm³/mol. The average Bonchev–Trinajstić information content (AvgIpc) is 2.49. The molecule has 2 aliphatic heterocycles. The lowest BCUT2D eigenvalue weighted by atomic mass is 9.78. The number of hydrogen-bond acceptors (Lipinski definition) is 2. The maximum atomic E-state index is 11.7.